The van der Waals surface area contributed by atoms with Gasteiger partial charge in [0, 0.05) is 5.02 Å². The third-order valence-corrected chi connectivity index (χ3v) is 7.44. The monoisotopic (exact) mass is 597 g/mol. The minimum atomic E-state index is -4.65. The number of allylic oxidation sites excluding steroid dienone is 1. The maximum absolute atomic E-state index is 13.4. The van der Waals surface area contributed by atoms with Crippen LogP contribution in [0.25, 0.3) is 5.70 Å². The van der Waals surface area contributed by atoms with E-state index < -0.39 is 29.5 Å². The fourth-order valence-electron chi connectivity index (χ4n) is 4.34. The molecule has 0 aromatic heterocycles. The number of nitrogens with zero attached hydrogens (tertiary/aromatic N) is 1. The molecule has 41 heavy (non-hydrogen) atoms. The van der Waals surface area contributed by atoms with Crippen molar-refractivity contribution in [1.82, 2.24) is 5.32 Å². The van der Waals surface area contributed by atoms with E-state index in [0.717, 1.165) is 17.8 Å². The first-order chi connectivity index (χ1) is 19.7. The maximum Gasteiger partial charge on any atom is 0.418 e. The number of carbonyl (C=O) groups is 2. The molecule has 1 heterocycles. The number of amides is 1. The van der Waals surface area contributed by atoms with Crippen LogP contribution in [0.1, 0.15) is 29.5 Å². The van der Waals surface area contributed by atoms with Crippen molar-refractivity contribution in [1.29, 1.82) is 5.26 Å². The van der Waals surface area contributed by atoms with Crippen LogP contribution >= 0.6 is 23.4 Å². The molecule has 0 saturated carbocycles. The molecule has 0 bridgehead atoms. The Labute approximate surface area is 243 Å². The van der Waals surface area contributed by atoms with Crippen LogP contribution in [0.5, 0.6) is 0 Å². The molecule has 1 aliphatic rings. The first-order valence-corrected chi connectivity index (χ1v) is 13.7. The number of alkyl halides is 3. The summed E-state index contributed by atoms with van der Waals surface area (Å²) in [6, 6.07) is 22.5. The number of thioether (sulfide) groups is 1. The van der Waals surface area contributed by atoms with E-state index in [1.165, 1.54) is 18.2 Å². The van der Waals surface area contributed by atoms with Crippen LogP contribution in [0.4, 0.5) is 18.9 Å². The van der Waals surface area contributed by atoms with E-state index in [0.29, 0.717) is 21.8 Å². The third kappa shape index (κ3) is 6.76. The van der Waals surface area contributed by atoms with E-state index in [-0.39, 0.29) is 34.2 Å². The molecule has 3 aromatic carbocycles. The van der Waals surface area contributed by atoms with Crippen molar-refractivity contribution < 1.29 is 27.5 Å². The smallest absolute Gasteiger partial charge is 0.418 e. The minimum Gasteiger partial charge on any atom is -0.463 e. The fraction of sp³-hybridized carbons (Fsp3) is 0.167. The first kappa shape index (κ1) is 29.8. The van der Waals surface area contributed by atoms with Crippen LogP contribution < -0.4 is 10.6 Å². The van der Waals surface area contributed by atoms with Gasteiger partial charge in [0.25, 0.3) is 0 Å². The SMILES string of the molecule is CCOC(=O)C1=C(c2ccccc2)NC(SCC(=O)Nc2ccccc2C(F)(F)F)=C(C#N)[C@@H]1c1ccccc1Cl. The molecule has 2 N–H and O–H groups in total. The Kier molecular flexibility index (Phi) is 9.42. The molecule has 0 saturated heterocycles. The summed E-state index contributed by atoms with van der Waals surface area (Å²) in [5, 5.41) is 16.3. The molecule has 1 amide bonds. The minimum absolute atomic E-state index is 0.0897. The summed E-state index contributed by atoms with van der Waals surface area (Å²) >= 11 is 7.47. The first-order valence-electron chi connectivity index (χ1n) is 12.4. The molecule has 1 aliphatic heterocycles. The lowest BCUT2D eigenvalue weighted by Crippen LogP contribution is -2.30. The summed E-state index contributed by atoms with van der Waals surface area (Å²) in [4.78, 5) is 26.2. The molecule has 0 radical (unpaired) electrons. The predicted molar refractivity (Wildman–Crippen MR) is 152 cm³/mol. The quantitative estimate of drug-likeness (QED) is 0.269. The van der Waals surface area contributed by atoms with Crippen LogP contribution in [0.3, 0.4) is 0 Å². The number of benzene rings is 3. The third-order valence-electron chi connectivity index (χ3n) is 6.08. The highest BCUT2D eigenvalue weighted by molar-refractivity contribution is 8.03. The lowest BCUT2D eigenvalue weighted by Gasteiger charge is -2.31. The number of ether oxygens (including phenoxy) is 1. The highest BCUT2D eigenvalue weighted by Gasteiger charge is 2.38. The average Bonchev–Trinajstić information content (AvgIpc) is 2.96. The van der Waals surface area contributed by atoms with Crippen molar-refractivity contribution >= 4 is 46.6 Å². The van der Waals surface area contributed by atoms with E-state index >= 15 is 0 Å². The van der Waals surface area contributed by atoms with E-state index in [1.54, 1.807) is 61.5 Å². The number of nitriles is 1. The normalized spacial score (nSPS) is 15.2. The van der Waals surface area contributed by atoms with E-state index in [4.69, 9.17) is 16.3 Å². The zero-order valence-electron chi connectivity index (χ0n) is 21.6. The number of nitrogens with one attached hydrogen (secondary N) is 2. The molecule has 210 valence electrons. The summed E-state index contributed by atoms with van der Waals surface area (Å²) in [5.74, 6) is -2.64. The van der Waals surface area contributed by atoms with Gasteiger partial charge in [-0.15, -0.1) is 0 Å². The summed E-state index contributed by atoms with van der Waals surface area (Å²) in [6.07, 6.45) is -4.65. The second kappa shape index (κ2) is 13.0. The Morgan fingerprint density at radius 2 is 1.71 bits per heavy atom. The van der Waals surface area contributed by atoms with E-state index in [1.807, 2.05) is 0 Å². The largest absolute Gasteiger partial charge is 0.463 e. The van der Waals surface area contributed by atoms with Crippen LogP contribution in [0.2, 0.25) is 5.02 Å². The van der Waals surface area contributed by atoms with Crippen LogP contribution in [0.15, 0.2) is 95.0 Å². The van der Waals surface area contributed by atoms with Crippen molar-refractivity contribution in [3.63, 3.8) is 0 Å². The number of hydrogen-bond donors (Lipinski definition) is 2. The number of carbonyl (C=O) groups excluding carboxylic acids is 2. The van der Waals surface area contributed by atoms with Gasteiger partial charge in [0.15, 0.2) is 0 Å². The molecule has 4 rings (SSSR count). The van der Waals surface area contributed by atoms with Crippen molar-refractivity contribution in [3.05, 3.63) is 117 Å². The summed E-state index contributed by atoms with van der Waals surface area (Å²) in [7, 11) is 0. The van der Waals surface area contributed by atoms with Crippen molar-refractivity contribution in [2.75, 3.05) is 17.7 Å². The molecule has 11 heteroatoms. The van der Waals surface area contributed by atoms with Gasteiger partial charge in [-0.05, 0) is 36.2 Å². The molecular formula is C30H23ClF3N3O3S. The van der Waals surface area contributed by atoms with Gasteiger partial charge in [-0.2, -0.15) is 18.4 Å². The van der Waals surface area contributed by atoms with Gasteiger partial charge in [0.1, 0.15) is 0 Å². The van der Waals surface area contributed by atoms with Crippen LogP contribution in [-0.2, 0) is 20.5 Å². The highest BCUT2D eigenvalue weighted by atomic mass is 35.5. The topological polar surface area (TPSA) is 91.2 Å². The van der Waals surface area contributed by atoms with E-state index in [2.05, 4.69) is 16.7 Å². The molecule has 1 atom stereocenters. The highest BCUT2D eigenvalue weighted by Crippen LogP contribution is 2.45. The molecule has 0 aliphatic carbocycles. The van der Waals surface area contributed by atoms with Crippen molar-refractivity contribution in [2.24, 2.45) is 0 Å². The molecule has 3 aromatic rings. The summed E-state index contributed by atoms with van der Waals surface area (Å²) in [6.45, 7) is 1.76. The van der Waals surface area contributed by atoms with Crippen LogP contribution in [-0.4, -0.2) is 24.2 Å². The summed E-state index contributed by atoms with van der Waals surface area (Å²) in [5.41, 5.74) is 0.373. The standard InChI is InChI=1S/C30H23ClF3N3O3S/c1-2-40-29(39)26-25(19-12-6-8-14-22(19)31)20(16-35)28(37-27(26)18-10-4-3-5-11-18)41-17-24(38)36-23-15-9-7-13-21(23)30(32,33)34/h3-15,25,37H,2,17H2,1H3,(H,36,38)/t25-/m0/s1. The maximum atomic E-state index is 13.4. The van der Waals surface area contributed by atoms with Gasteiger partial charge in [0.2, 0.25) is 5.91 Å². The summed E-state index contributed by atoms with van der Waals surface area (Å²) < 4.78 is 45.6. The zero-order chi connectivity index (χ0) is 29.6. The molecular weight excluding hydrogens is 575 g/mol. The molecule has 6 nitrogen and oxygen atoms in total. The van der Waals surface area contributed by atoms with Gasteiger partial charge in [-0.25, -0.2) is 4.79 Å². The fourth-order valence-corrected chi connectivity index (χ4v) is 5.43. The predicted octanol–water partition coefficient (Wildman–Crippen LogP) is 7.13. The number of para-hydroxylation sites is 1. The van der Waals surface area contributed by atoms with Gasteiger partial charge in [0.05, 0.1) is 57.5 Å². The number of esters is 1. The lowest BCUT2D eigenvalue weighted by molar-refractivity contribution is -0.139. The molecule has 0 unspecified atom stereocenters. The van der Waals surface area contributed by atoms with E-state index in [9.17, 15) is 28.0 Å². The Balaban J connectivity index is 1.75. The van der Waals surface area contributed by atoms with Crippen molar-refractivity contribution in [2.45, 2.75) is 19.0 Å². The Morgan fingerprint density at radius 1 is 1.05 bits per heavy atom. The Bertz CT molecular complexity index is 1570. The number of dihydropyridines is 1. The lowest BCUT2D eigenvalue weighted by atomic mass is 9.81. The van der Waals surface area contributed by atoms with Gasteiger partial charge in [-0.1, -0.05) is 84.0 Å². The van der Waals surface area contributed by atoms with Crippen LogP contribution in [0, 0.1) is 11.3 Å². The van der Waals surface area contributed by atoms with Gasteiger partial charge >= 0.3 is 12.1 Å². The number of rotatable bonds is 8. The second-order valence-electron chi connectivity index (χ2n) is 8.69. The zero-order valence-corrected chi connectivity index (χ0v) is 23.2. The van der Waals surface area contributed by atoms with Gasteiger partial charge < -0.3 is 15.4 Å². The molecule has 0 fully saturated rings. The Morgan fingerprint density at radius 3 is 2.37 bits per heavy atom. The second-order valence-corrected chi connectivity index (χ2v) is 10.1. The molecule has 0 spiro atoms. The average molecular weight is 598 g/mol. The number of anilines is 1. The number of halogens is 4. The Hall–Kier alpha value is -4.20. The number of hydrogen-bond acceptors (Lipinski definition) is 6. The van der Waals surface area contributed by atoms with Gasteiger partial charge in [-0.3, -0.25) is 4.79 Å². The van der Waals surface area contributed by atoms with Crippen molar-refractivity contribution in [3.8, 4) is 6.07 Å².